The Morgan fingerprint density at radius 3 is 2.17 bits per heavy atom. The molecule has 35 heavy (non-hydrogen) atoms. The molecule has 196 valence electrons. The lowest BCUT2D eigenvalue weighted by Crippen LogP contribution is -2.66. The number of aldehydes is 1. The Kier molecular flexibility index (Phi) is 5.79. The molecule has 5 saturated carbocycles. The van der Waals surface area contributed by atoms with Crippen molar-refractivity contribution in [1.29, 1.82) is 0 Å². The molecule has 0 aromatic carbocycles. The van der Waals surface area contributed by atoms with Gasteiger partial charge in [0.05, 0.1) is 0 Å². The highest BCUT2D eigenvalue weighted by atomic mass is 16.5. The second-order valence-corrected chi connectivity index (χ2v) is 15.0. The van der Waals surface area contributed by atoms with Crippen LogP contribution >= 0.6 is 0 Å². The fourth-order valence-electron chi connectivity index (χ4n) is 11.8. The van der Waals surface area contributed by atoms with Gasteiger partial charge in [0.25, 0.3) is 0 Å². The molecule has 4 unspecified atom stereocenters. The molecule has 0 saturated heterocycles. The molecular weight excluding hydrogens is 432 g/mol. The van der Waals surface area contributed by atoms with Crippen LogP contribution in [0.15, 0.2) is 12.2 Å². The predicted octanol–water partition coefficient (Wildman–Crippen LogP) is 7.77. The van der Waals surface area contributed by atoms with Crippen molar-refractivity contribution in [2.75, 3.05) is 0 Å². The number of hydrogen-bond acceptors (Lipinski definition) is 3. The summed E-state index contributed by atoms with van der Waals surface area (Å²) >= 11 is 0. The number of rotatable bonds is 3. The molecule has 0 radical (unpaired) electrons. The molecule has 0 amide bonds. The van der Waals surface area contributed by atoms with E-state index in [9.17, 15) is 9.59 Å². The first kappa shape index (κ1) is 25.5. The van der Waals surface area contributed by atoms with Gasteiger partial charge in [-0.3, -0.25) is 4.79 Å². The largest absolute Gasteiger partial charge is 0.462 e. The van der Waals surface area contributed by atoms with Crippen LogP contribution in [0.2, 0.25) is 0 Å². The Hall–Kier alpha value is -1.12. The normalized spacial score (nSPS) is 52.3. The van der Waals surface area contributed by atoms with Crippen molar-refractivity contribution in [3.63, 3.8) is 0 Å². The predicted molar refractivity (Wildman–Crippen MR) is 141 cm³/mol. The molecule has 0 bridgehead atoms. The minimum absolute atomic E-state index is 0.00743. The van der Waals surface area contributed by atoms with Crippen LogP contribution in [-0.2, 0) is 14.3 Å². The van der Waals surface area contributed by atoms with E-state index in [0.717, 1.165) is 32.1 Å². The van der Waals surface area contributed by atoms with Crippen molar-refractivity contribution in [3.05, 3.63) is 12.2 Å². The maximum Gasteiger partial charge on any atom is 0.302 e. The van der Waals surface area contributed by atoms with Gasteiger partial charge in [-0.1, -0.05) is 46.8 Å². The average molecular weight is 483 g/mol. The highest BCUT2D eigenvalue weighted by molar-refractivity contribution is 5.66. The molecule has 0 aliphatic heterocycles. The molecule has 0 aromatic rings. The van der Waals surface area contributed by atoms with Gasteiger partial charge < -0.3 is 9.53 Å². The summed E-state index contributed by atoms with van der Waals surface area (Å²) in [4.78, 5) is 24.5. The molecule has 5 aliphatic rings. The number of carbonyl (C=O) groups excluding carboxylic acids is 2. The van der Waals surface area contributed by atoms with Crippen molar-refractivity contribution in [2.24, 2.45) is 56.7 Å². The number of hydrogen-bond donors (Lipinski definition) is 0. The monoisotopic (exact) mass is 482 g/mol. The van der Waals surface area contributed by atoms with Crippen LogP contribution in [0.25, 0.3) is 0 Å². The smallest absolute Gasteiger partial charge is 0.302 e. The Morgan fingerprint density at radius 2 is 1.54 bits per heavy atom. The third-order valence-corrected chi connectivity index (χ3v) is 13.6. The van der Waals surface area contributed by atoms with Gasteiger partial charge in [0.1, 0.15) is 12.4 Å². The summed E-state index contributed by atoms with van der Waals surface area (Å²) in [5, 5.41) is 0. The number of allylic oxidation sites excluding steroid dienone is 1. The highest BCUT2D eigenvalue weighted by Crippen LogP contribution is 2.77. The van der Waals surface area contributed by atoms with E-state index in [1.807, 2.05) is 0 Å². The maximum absolute atomic E-state index is 12.6. The van der Waals surface area contributed by atoms with Gasteiger partial charge in [-0.05, 0) is 117 Å². The maximum atomic E-state index is 12.6. The van der Waals surface area contributed by atoms with Crippen molar-refractivity contribution >= 4 is 12.3 Å². The van der Waals surface area contributed by atoms with Crippen LogP contribution in [0.5, 0.6) is 0 Å². The Morgan fingerprint density at radius 1 is 0.829 bits per heavy atom. The van der Waals surface area contributed by atoms with Crippen LogP contribution in [0.1, 0.15) is 113 Å². The van der Waals surface area contributed by atoms with Crippen LogP contribution in [0, 0.1) is 56.7 Å². The lowest BCUT2D eigenvalue weighted by molar-refractivity contribution is -0.247. The van der Waals surface area contributed by atoms with Crippen LogP contribution in [-0.4, -0.2) is 18.4 Å². The summed E-state index contributed by atoms with van der Waals surface area (Å²) in [6, 6.07) is 0. The zero-order valence-electron chi connectivity index (χ0n) is 23.5. The van der Waals surface area contributed by atoms with Gasteiger partial charge in [-0.15, -0.1) is 0 Å². The second kappa shape index (κ2) is 7.94. The van der Waals surface area contributed by atoms with E-state index in [-0.39, 0.29) is 33.7 Å². The van der Waals surface area contributed by atoms with E-state index in [1.54, 1.807) is 6.92 Å². The van der Waals surface area contributed by atoms with Crippen molar-refractivity contribution in [2.45, 2.75) is 119 Å². The fourth-order valence-corrected chi connectivity index (χ4v) is 11.8. The number of esters is 1. The molecule has 3 heteroatoms. The van der Waals surface area contributed by atoms with Gasteiger partial charge in [-0.2, -0.15) is 0 Å². The molecule has 5 rings (SSSR count). The van der Waals surface area contributed by atoms with Crippen molar-refractivity contribution < 1.29 is 14.3 Å². The van der Waals surface area contributed by atoms with E-state index in [0.29, 0.717) is 35.0 Å². The Labute approximate surface area is 214 Å². The fraction of sp³-hybridized carbons (Fsp3) is 0.875. The van der Waals surface area contributed by atoms with Crippen LogP contribution in [0.4, 0.5) is 0 Å². The third kappa shape index (κ3) is 3.21. The molecular formula is C32H50O3. The molecule has 0 N–H and O–H groups in total. The quantitative estimate of drug-likeness (QED) is 0.234. The van der Waals surface area contributed by atoms with Gasteiger partial charge >= 0.3 is 5.97 Å². The summed E-state index contributed by atoms with van der Waals surface area (Å²) in [6.45, 7) is 20.8. The van der Waals surface area contributed by atoms with Gasteiger partial charge in [-0.25, -0.2) is 0 Å². The van der Waals surface area contributed by atoms with E-state index in [4.69, 9.17) is 4.74 Å². The first-order valence-electron chi connectivity index (χ1n) is 14.6. The first-order valence-corrected chi connectivity index (χ1v) is 14.6. The second-order valence-electron chi connectivity index (χ2n) is 15.0. The third-order valence-electron chi connectivity index (χ3n) is 13.6. The average Bonchev–Trinajstić information content (AvgIpc) is 3.16. The summed E-state index contributed by atoms with van der Waals surface area (Å²) < 4.78 is 5.89. The SMILES string of the molecule is C=C(C)[C@@H]1CC[C@]2(C=O)CC[C@]3(C)C(CCC4[C@@]5(C)CC[C@H](OC(C)=O)C(C)(C)C5CC[C@]43C)C12. The van der Waals surface area contributed by atoms with Crippen LogP contribution < -0.4 is 0 Å². The minimum atomic E-state index is -0.134. The zero-order chi connectivity index (χ0) is 25.6. The summed E-state index contributed by atoms with van der Waals surface area (Å²) in [7, 11) is 0. The van der Waals surface area contributed by atoms with E-state index < -0.39 is 0 Å². The van der Waals surface area contributed by atoms with Crippen molar-refractivity contribution in [1.82, 2.24) is 0 Å². The molecule has 5 aliphatic carbocycles. The number of fused-ring (bicyclic) bond motifs is 7. The summed E-state index contributed by atoms with van der Waals surface area (Å²) in [5.74, 6) is 2.76. The van der Waals surface area contributed by atoms with Crippen molar-refractivity contribution in [3.8, 4) is 0 Å². The molecule has 5 fully saturated rings. The molecule has 0 heterocycles. The van der Waals surface area contributed by atoms with E-state index in [2.05, 4.69) is 48.1 Å². The summed E-state index contributed by atoms with van der Waals surface area (Å²) in [6.07, 6.45) is 13.1. The Balaban J connectivity index is 1.51. The number of ether oxygens (including phenoxy) is 1. The van der Waals surface area contributed by atoms with E-state index >= 15 is 0 Å². The van der Waals surface area contributed by atoms with Gasteiger partial charge in [0.15, 0.2) is 0 Å². The molecule has 10 atom stereocenters. The zero-order valence-corrected chi connectivity index (χ0v) is 23.5. The Bertz CT molecular complexity index is 920. The lowest BCUT2D eigenvalue weighted by atomic mass is 9.32. The minimum Gasteiger partial charge on any atom is -0.462 e. The molecule has 3 nitrogen and oxygen atoms in total. The highest BCUT2D eigenvalue weighted by Gasteiger charge is 2.71. The topological polar surface area (TPSA) is 43.4 Å². The van der Waals surface area contributed by atoms with E-state index in [1.165, 1.54) is 44.0 Å². The van der Waals surface area contributed by atoms with Gasteiger partial charge in [0, 0.05) is 17.8 Å². The molecule has 0 spiro atoms. The number of carbonyl (C=O) groups is 2. The summed E-state index contributed by atoms with van der Waals surface area (Å²) in [5.41, 5.74) is 2.05. The standard InChI is InChI=1S/C32H50O3/c1-20(2)22-11-16-32(19-33)18-17-30(7)23(27(22)32)9-10-25-29(6)14-13-26(35-21(3)34)28(4,5)24(29)12-15-31(25,30)8/h19,22-27H,1,9-18H2,2-8H3/t22-,23?,24?,25?,26-,27?,29-,30+,31+,32+/m0/s1. The van der Waals surface area contributed by atoms with Gasteiger partial charge in [0.2, 0.25) is 0 Å². The van der Waals surface area contributed by atoms with Crippen LogP contribution in [0.3, 0.4) is 0 Å². The molecule has 0 aromatic heterocycles. The lowest BCUT2D eigenvalue weighted by Gasteiger charge is -2.72. The first-order chi connectivity index (χ1) is 16.3.